The molecule has 0 bridgehead atoms. The molecule has 1 atom stereocenters. The molecule has 0 heterocycles. The van der Waals surface area contributed by atoms with Crippen molar-refractivity contribution in [2.45, 2.75) is 67.0 Å². The number of hydrogen-bond acceptors (Lipinski definition) is 1. The Kier molecular flexibility index (Phi) is 8.48. The molecule has 0 aromatic heterocycles. The molecule has 140 valence electrons. The summed E-state index contributed by atoms with van der Waals surface area (Å²) in [6, 6.07) is 4.01. The molecule has 1 unspecified atom stereocenters. The quantitative estimate of drug-likeness (QED) is 0.482. The van der Waals surface area contributed by atoms with Gasteiger partial charge in [0.25, 0.3) is 0 Å². The van der Waals surface area contributed by atoms with Crippen LogP contribution < -0.4 is 5.19 Å². The van der Waals surface area contributed by atoms with Crippen LogP contribution in [-0.2, 0) is 32.6 Å². The average Bonchev–Trinajstić information content (AvgIpc) is 2.75. The second-order valence-corrected chi connectivity index (χ2v) is 10.0. The van der Waals surface area contributed by atoms with Crippen LogP contribution in [0.3, 0.4) is 0 Å². The SMILES string of the molecule is CCCCc1ccc(C([NH-])=O)c(C2=C(C)C(C)=C(C)C2C)c1[Si](C)C.[H-].[H-].[Zr+3]. The Balaban J connectivity index is 0. The van der Waals surface area contributed by atoms with Gasteiger partial charge < -0.3 is 13.4 Å². The summed E-state index contributed by atoms with van der Waals surface area (Å²) < 4.78 is 0. The van der Waals surface area contributed by atoms with Crippen LogP contribution in [0.25, 0.3) is 11.3 Å². The van der Waals surface area contributed by atoms with Crippen LogP contribution >= 0.6 is 0 Å². The summed E-state index contributed by atoms with van der Waals surface area (Å²) in [6.45, 7) is 15.6. The van der Waals surface area contributed by atoms with Gasteiger partial charge in [-0.05, 0) is 61.5 Å². The third kappa shape index (κ3) is 4.22. The maximum Gasteiger partial charge on any atom is 3.00 e. The molecule has 0 aliphatic heterocycles. The number of carbonyl (C=O) groups is 1. The molecule has 0 saturated carbocycles. The van der Waals surface area contributed by atoms with Gasteiger partial charge in [0.2, 0.25) is 0 Å². The van der Waals surface area contributed by atoms with E-state index < -0.39 is 14.7 Å². The molecule has 1 aliphatic carbocycles. The fraction of sp³-hybridized carbons (Fsp3) is 0.500. The third-order valence-electron chi connectivity index (χ3n) is 5.75. The molecule has 0 spiro atoms. The first-order valence-corrected chi connectivity index (χ1v) is 11.8. The molecule has 4 heteroatoms. The van der Waals surface area contributed by atoms with Crippen LogP contribution in [0, 0.1) is 5.92 Å². The number of aryl methyl sites for hydroxylation is 1. The van der Waals surface area contributed by atoms with Crippen molar-refractivity contribution in [3.05, 3.63) is 51.3 Å². The van der Waals surface area contributed by atoms with Crippen molar-refractivity contribution >= 4 is 25.5 Å². The van der Waals surface area contributed by atoms with Gasteiger partial charge in [-0.1, -0.05) is 56.3 Å². The Bertz CT molecular complexity index is 772. The number of unbranched alkanes of at least 4 members (excludes halogenated alkanes) is 1. The Labute approximate surface area is 183 Å². The van der Waals surface area contributed by atoms with Gasteiger partial charge >= 0.3 is 26.2 Å². The van der Waals surface area contributed by atoms with Gasteiger partial charge in [-0.25, -0.2) is 0 Å². The van der Waals surface area contributed by atoms with E-state index in [1.807, 2.05) is 6.07 Å². The van der Waals surface area contributed by atoms with E-state index in [2.05, 4.69) is 53.8 Å². The molecular weight excluding hydrogens is 414 g/mol. The van der Waals surface area contributed by atoms with Gasteiger partial charge in [-0.3, -0.25) is 0 Å². The second-order valence-electron chi connectivity index (χ2n) is 7.52. The van der Waals surface area contributed by atoms with E-state index in [0.717, 1.165) is 12.0 Å². The summed E-state index contributed by atoms with van der Waals surface area (Å²) in [7, 11) is -0.762. The summed E-state index contributed by atoms with van der Waals surface area (Å²) in [5.41, 5.74) is 16.2. The summed E-state index contributed by atoms with van der Waals surface area (Å²) in [5.74, 6) is -0.240. The van der Waals surface area contributed by atoms with E-state index in [4.69, 9.17) is 5.73 Å². The molecule has 0 fully saturated rings. The average molecular weight is 447 g/mol. The molecule has 26 heavy (non-hydrogen) atoms. The minimum atomic E-state index is -0.762. The fourth-order valence-corrected chi connectivity index (χ4v) is 5.65. The molecule has 1 aromatic rings. The molecular formula is C22H33NOSiZr. The molecule has 1 N–H and O–H groups in total. The standard InChI is InChI=1S/C22H32NOSi.Zr.2H/c1-8-9-10-17-11-12-18(22(23)24)20(21(17)25(6)7)19-15(4)13(2)14(3)16(19)5;;;/h11-12,15H,8-10H2,1-7H3,(H2,23,24);;;/q;+3;2*-1/p-1. The van der Waals surface area contributed by atoms with Gasteiger partial charge in [0.05, 0.1) is 14.7 Å². The number of nitrogens with one attached hydrogen (secondary N) is 1. The van der Waals surface area contributed by atoms with E-state index in [-0.39, 0.29) is 29.1 Å². The van der Waals surface area contributed by atoms with Crippen molar-refractivity contribution in [1.82, 2.24) is 0 Å². The molecule has 0 saturated heterocycles. The largest absolute Gasteiger partial charge is 3.00 e. The van der Waals surface area contributed by atoms with Crippen LogP contribution in [0.5, 0.6) is 0 Å². The zero-order chi connectivity index (χ0) is 18.9. The Morgan fingerprint density at radius 2 is 1.81 bits per heavy atom. The normalized spacial score (nSPS) is 17.2. The number of rotatable bonds is 6. The number of allylic oxidation sites excluding steroid dienone is 4. The Hall–Kier alpha value is -0.730. The minimum absolute atomic E-state index is 0. The van der Waals surface area contributed by atoms with Crippen molar-refractivity contribution in [2.24, 2.45) is 5.92 Å². The first-order chi connectivity index (χ1) is 11.7. The molecule has 1 amide bonds. The van der Waals surface area contributed by atoms with Gasteiger partial charge in [-0.2, -0.15) is 0 Å². The first-order valence-electron chi connectivity index (χ1n) is 9.33. The van der Waals surface area contributed by atoms with Crippen LogP contribution in [0.1, 0.15) is 71.8 Å². The molecule has 1 aliphatic rings. The van der Waals surface area contributed by atoms with Crippen molar-refractivity contribution in [2.75, 3.05) is 0 Å². The molecule has 1 aromatic carbocycles. The zero-order valence-electron chi connectivity index (χ0n) is 19.3. The number of amides is 1. The van der Waals surface area contributed by atoms with Gasteiger partial charge in [-0.15, -0.1) is 0 Å². The van der Waals surface area contributed by atoms with E-state index in [9.17, 15) is 4.79 Å². The van der Waals surface area contributed by atoms with Gasteiger partial charge in [0.1, 0.15) is 0 Å². The maximum absolute atomic E-state index is 12.1. The van der Waals surface area contributed by atoms with E-state index in [0.29, 0.717) is 11.5 Å². The van der Waals surface area contributed by atoms with Crippen LogP contribution in [0.4, 0.5) is 0 Å². The van der Waals surface area contributed by atoms with Crippen molar-refractivity contribution in [3.8, 4) is 0 Å². The van der Waals surface area contributed by atoms with Crippen LogP contribution in [0.2, 0.25) is 13.1 Å². The number of hydrogen-bond donors (Lipinski definition) is 0. The number of carbonyl (C=O) groups excluding carboxylic acids is 1. The fourth-order valence-electron chi connectivity index (χ4n) is 4.03. The van der Waals surface area contributed by atoms with Crippen molar-refractivity contribution in [1.29, 1.82) is 0 Å². The third-order valence-corrected chi connectivity index (χ3v) is 7.32. The number of benzene rings is 1. The smallest absolute Gasteiger partial charge is 1.00 e. The molecule has 2 radical (unpaired) electrons. The van der Waals surface area contributed by atoms with Gasteiger partial charge in [0, 0.05) is 11.5 Å². The Morgan fingerprint density at radius 3 is 2.23 bits per heavy atom. The molecule has 2 rings (SSSR count). The summed E-state index contributed by atoms with van der Waals surface area (Å²) in [4.78, 5) is 12.1. The van der Waals surface area contributed by atoms with Crippen molar-refractivity contribution in [3.63, 3.8) is 0 Å². The van der Waals surface area contributed by atoms with Crippen LogP contribution in [0.15, 0.2) is 28.9 Å². The monoisotopic (exact) mass is 445 g/mol. The van der Waals surface area contributed by atoms with E-state index >= 15 is 0 Å². The van der Waals surface area contributed by atoms with Gasteiger partial charge in [0.15, 0.2) is 0 Å². The van der Waals surface area contributed by atoms with Crippen molar-refractivity contribution < 1.29 is 33.9 Å². The first kappa shape index (κ1) is 23.3. The van der Waals surface area contributed by atoms with E-state index in [1.54, 1.807) is 0 Å². The Morgan fingerprint density at radius 1 is 1.19 bits per heavy atom. The summed E-state index contributed by atoms with van der Waals surface area (Å²) in [5, 5.41) is 1.38. The predicted octanol–water partition coefficient (Wildman–Crippen LogP) is 6.17. The zero-order valence-corrected chi connectivity index (χ0v) is 20.7. The second kappa shape index (κ2) is 9.46. The van der Waals surface area contributed by atoms with E-state index in [1.165, 1.54) is 45.9 Å². The summed E-state index contributed by atoms with van der Waals surface area (Å²) in [6.07, 6.45) is 3.40. The maximum atomic E-state index is 12.1. The minimum Gasteiger partial charge on any atom is -1.00 e. The topological polar surface area (TPSA) is 40.9 Å². The molecule has 2 nitrogen and oxygen atoms in total. The van der Waals surface area contributed by atoms with Crippen LogP contribution in [-0.4, -0.2) is 14.7 Å². The summed E-state index contributed by atoms with van der Waals surface area (Å²) >= 11 is 0. The predicted molar refractivity (Wildman–Crippen MR) is 113 cm³/mol.